The Morgan fingerprint density at radius 2 is 1.58 bits per heavy atom. The Morgan fingerprint density at radius 3 is 2.24 bits per heavy atom. The number of likely N-dealkylation sites (N-methyl/N-ethyl adjacent to an activating group) is 1. The zero-order valence-corrected chi connectivity index (χ0v) is 23.5. The molecule has 8 heteroatoms. The number of anilines is 1. The summed E-state index contributed by atoms with van der Waals surface area (Å²) < 4.78 is 32.0. The fourth-order valence-electron chi connectivity index (χ4n) is 4.69. The fraction of sp³-hybridized carbons (Fsp3) is 0.367. The van der Waals surface area contributed by atoms with Gasteiger partial charge in [0, 0.05) is 38.3 Å². The Balaban J connectivity index is 1.44. The molecule has 0 unspecified atom stereocenters. The third-order valence-electron chi connectivity index (χ3n) is 7.02. The molecular formula is C30H37N3O4S. The van der Waals surface area contributed by atoms with Crippen molar-refractivity contribution < 1.29 is 17.9 Å². The van der Waals surface area contributed by atoms with Crippen molar-refractivity contribution in [2.75, 3.05) is 58.8 Å². The average Bonchev–Trinajstić information content (AvgIpc) is 2.92. The van der Waals surface area contributed by atoms with Crippen LogP contribution >= 0.6 is 0 Å². The molecule has 3 aromatic rings. The van der Waals surface area contributed by atoms with Crippen LogP contribution in [0.5, 0.6) is 5.75 Å². The summed E-state index contributed by atoms with van der Waals surface area (Å²) in [5, 5.41) is 0. The van der Waals surface area contributed by atoms with Crippen LogP contribution in [0, 0.1) is 6.92 Å². The zero-order chi connectivity index (χ0) is 27.3. The number of methoxy groups -OCH3 is 1. The molecule has 0 radical (unpaired) electrons. The van der Waals surface area contributed by atoms with Crippen molar-refractivity contribution in [3.63, 3.8) is 0 Å². The van der Waals surface area contributed by atoms with Gasteiger partial charge in [0.25, 0.3) is 5.91 Å². The van der Waals surface area contributed by atoms with E-state index in [-0.39, 0.29) is 16.6 Å². The molecule has 7 nitrogen and oxygen atoms in total. The predicted molar refractivity (Wildman–Crippen MR) is 152 cm³/mol. The Hall–Kier alpha value is -3.36. The lowest BCUT2D eigenvalue weighted by atomic mass is 10.1. The highest BCUT2D eigenvalue weighted by atomic mass is 32.2. The first-order chi connectivity index (χ1) is 18.2. The number of para-hydroxylation sites is 2. The van der Waals surface area contributed by atoms with Gasteiger partial charge in [0.2, 0.25) is 0 Å². The van der Waals surface area contributed by atoms with Gasteiger partial charge in [-0.15, -0.1) is 0 Å². The van der Waals surface area contributed by atoms with Gasteiger partial charge in [-0.25, -0.2) is 8.42 Å². The molecule has 1 fully saturated rings. The summed E-state index contributed by atoms with van der Waals surface area (Å²) in [6.45, 7) is 5.23. The Morgan fingerprint density at radius 1 is 0.921 bits per heavy atom. The quantitative estimate of drug-likeness (QED) is 0.412. The molecule has 4 rings (SSSR count). The van der Waals surface area contributed by atoms with E-state index in [4.69, 9.17) is 4.74 Å². The second-order valence-electron chi connectivity index (χ2n) is 10.1. The SMILES string of the molecule is COc1ccccc1N1CCN(C(=O)c2cc(S(=O)(=O)Cc3ccc(CCN(C)C)cc3)ccc2C)CC1. The van der Waals surface area contributed by atoms with E-state index in [1.807, 2.05) is 69.6 Å². The smallest absolute Gasteiger partial charge is 0.254 e. The fourth-order valence-corrected chi connectivity index (χ4v) is 6.07. The first-order valence-electron chi connectivity index (χ1n) is 12.9. The number of piperazine rings is 1. The second kappa shape index (κ2) is 12.0. The van der Waals surface area contributed by atoms with Crippen LogP contribution in [-0.4, -0.2) is 78.1 Å². The molecule has 0 bridgehead atoms. The largest absolute Gasteiger partial charge is 0.495 e. The van der Waals surface area contributed by atoms with E-state index in [0.29, 0.717) is 31.7 Å². The van der Waals surface area contributed by atoms with Crippen molar-refractivity contribution in [1.29, 1.82) is 0 Å². The lowest BCUT2D eigenvalue weighted by Gasteiger charge is -2.36. The summed E-state index contributed by atoms with van der Waals surface area (Å²) in [7, 11) is 2.11. The molecule has 3 aromatic carbocycles. The van der Waals surface area contributed by atoms with Crippen LogP contribution in [0.2, 0.25) is 0 Å². The molecule has 0 saturated carbocycles. The molecule has 1 aliphatic rings. The highest BCUT2D eigenvalue weighted by Crippen LogP contribution is 2.29. The summed E-state index contributed by atoms with van der Waals surface area (Å²) in [5.41, 5.74) is 4.13. The summed E-state index contributed by atoms with van der Waals surface area (Å²) in [6.07, 6.45) is 0.913. The molecule has 1 aliphatic heterocycles. The van der Waals surface area contributed by atoms with Crippen molar-refractivity contribution in [2.24, 2.45) is 0 Å². The van der Waals surface area contributed by atoms with Gasteiger partial charge >= 0.3 is 0 Å². The Kier molecular flexibility index (Phi) is 8.74. The summed E-state index contributed by atoms with van der Waals surface area (Å²) in [4.78, 5) is 19.8. The number of benzene rings is 3. The van der Waals surface area contributed by atoms with Gasteiger partial charge in [-0.1, -0.05) is 42.5 Å². The van der Waals surface area contributed by atoms with Crippen molar-refractivity contribution in [3.05, 3.63) is 89.0 Å². The minimum atomic E-state index is -3.61. The standard InChI is InChI=1S/C30H37N3O4S/c1-23-9-14-26(38(35,36)22-25-12-10-24(11-13-25)15-16-31(2)3)21-27(23)30(34)33-19-17-32(18-20-33)28-7-5-6-8-29(28)37-4/h5-14,21H,15-20,22H2,1-4H3. The van der Waals surface area contributed by atoms with E-state index >= 15 is 0 Å². The van der Waals surface area contributed by atoms with Gasteiger partial charge in [-0.3, -0.25) is 4.79 Å². The van der Waals surface area contributed by atoms with E-state index in [1.54, 1.807) is 30.2 Å². The maximum absolute atomic E-state index is 13.5. The number of carbonyl (C=O) groups excluding carboxylic acids is 1. The molecule has 1 heterocycles. The number of hydrogen-bond donors (Lipinski definition) is 0. The highest BCUT2D eigenvalue weighted by Gasteiger charge is 2.26. The van der Waals surface area contributed by atoms with Crippen LogP contribution in [0.4, 0.5) is 5.69 Å². The van der Waals surface area contributed by atoms with Crippen molar-refractivity contribution in [1.82, 2.24) is 9.80 Å². The monoisotopic (exact) mass is 535 g/mol. The number of sulfone groups is 1. The number of carbonyl (C=O) groups is 1. The minimum Gasteiger partial charge on any atom is -0.495 e. The van der Waals surface area contributed by atoms with Crippen LogP contribution in [0.3, 0.4) is 0 Å². The molecule has 0 N–H and O–H groups in total. The van der Waals surface area contributed by atoms with Crippen LogP contribution in [-0.2, 0) is 22.0 Å². The molecular weight excluding hydrogens is 498 g/mol. The first-order valence-corrected chi connectivity index (χ1v) is 14.6. The van der Waals surface area contributed by atoms with E-state index in [0.717, 1.165) is 35.5 Å². The first kappa shape index (κ1) is 27.7. The molecule has 1 saturated heterocycles. The molecule has 0 aliphatic carbocycles. The van der Waals surface area contributed by atoms with Crippen LogP contribution in [0.15, 0.2) is 71.6 Å². The molecule has 0 atom stereocenters. The molecule has 0 aromatic heterocycles. The molecule has 1 amide bonds. The van der Waals surface area contributed by atoms with E-state index in [9.17, 15) is 13.2 Å². The zero-order valence-electron chi connectivity index (χ0n) is 22.7. The van der Waals surface area contributed by atoms with Gasteiger partial charge in [-0.2, -0.15) is 0 Å². The number of nitrogens with zero attached hydrogens (tertiary/aromatic N) is 3. The van der Waals surface area contributed by atoms with Crippen LogP contribution in [0.1, 0.15) is 27.0 Å². The lowest BCUT2D eigenvalue weighted by Crippen LogP contribution is -2.49. The van der Waals surface area contributed by atoms with Crippen molar-refractivity contribution in [3.8, 4) is 5.75 Å². The number of aryl methyl sites for hydroxylation is 1. The van der Waals surface area contributed by atoms with Gasteiger partial charge in [-0.05, 0) is 68.4 Å². The van der Waals surface area contributed by atoms with Gasteiger partial charge in [0.05, 0.1) is 23.4 Å². The van der Waals surface area contributed by atoms with Gasteiger partial charge < -0.3 is 19.4 Å². The van der Waals surface area contributed by atoms with E-state index in [1.165, 1.54) is 5.56 Å². The average molecular weight is 536 g/mol. The summed E-state index contributed by atoms with van der Waals surface area (Å²) in [6, 6.07) is 20.5. The maximum Gasteiger partial charge on any atom is 0.254 e. The summed E-state index contributed by atoms with van der Waals surface area (Å²) >= 11 is 0. The predicted octanol–water partition coefficient (Wildman–Crippen LogP) is 4.04. The number of rotatable bonds is 9. The Labute approximate surface area is 226 Å². The lowest BCUT2D eigenvalue weighted by molar-refractivity contribution is 0.0745. The topological polar surface area (TPSA) is 70.2 Å². The van der Waals surface area contributed by atoms with Crippen molar-refractivity contribution in [2.45, 2.75) is 24.0 Å². The minimum absolute atomic E-state index is 0.102. The normalized spacial score (nSPS) is 14.1. The molecule has 38 heavy (non-hydrogen) atoms. The third-order valence-corrected chi connectivity index (χ3v) is 8.70. The molecule has 202 valence electrons. The molecule has 0 spiro atoms. The van der Waals surface area contributed by atoms with E-state index in [2.05, 4.69) is 9.80 Å². The number of amides is 1. The Bertz CT molecular complexity index is 1360. The second-order valence-corrected chi connectivity index (χ2v) is 12.0. The maximum atomic E-state index is 13.5. The van der Waals surface area contributed by atoms with Crippen LogP contribution in [0.25, 0.3) is 0 Å². The van der Waals surface area contributed by atoms with Gasteiger partial charge in [0.1, 0.15) is 5.75 Å². The van der Waals surface area contributed by atoms with Crippen LogP contribution < -0.4 is 9.64 Å². The summed E-state index contributed by atoms with van der Waals surface area (Å²) in [5.74, 6) is 0.573. The number of hydrogen-bond acceptors (Lipinski definition) is 6. The van der Waals surface area contributed by atoms with Crippen molar-refractivity contribution >= 4 is 21.4 Å². The number of ether oxygens (including phenoxy) is 1. The van der Waals surface area contributed by atoms with Gasteiger partial charge in [0.15, 0.2) is 9.84 Å². The third kappa shape index (κ3) is 6.55. The van der Waals surface area contributed by atoms with E-state index < -0.39 is 9.84 Å². The highest BCUT2D eigenvalue weighted by molar-refractivity contribution is 7.90.